The summed E-state index contributed by atoms with van der Waals surface area (Å²) < 4.78 is 0. The van der Waals surface area contributed by atoms with Gasteiger partial charge in [0, 0.05) is 19.3 Å². The zero-order valence-corrected chi connectivity index (χ0v) is 8.20. The SMILES string of the molecule is O=C(c1cn[nH]c1)N1CCCCCC1. The molecule has 1 aromatic rings. The average molecular weight is 193 g/mol. The summed E-state index contributed by atoms with van der Waals surface area (Å²) >= 11 is 0. The molecule has 4 nitrogen and oxygen atoms in total. The number of carbonyl (C=O) groups excluding carboxylic acids is 1. The second-order valence-electron chi connectivity index (χ2n) is 3.69. The molecule has 0 aliphatic carbocycles. The fourth-order valence-corrected chi connectivity index (χ4v) is 1.82. The smallest absolute Gasteiger partial charge is 0.257 e. The molecular weight excluding hydrogens is 178 g/mol. The molecule has 0 radical (unpaired) electrons. The van der Waals surface area contributed by atoms with Crippen LogP contribution in [0.4, 0.5) is 0 Å². The molecule has 0 bridgehead atoms. The first-order valence-electron chi connectivity index (χ1n) is 5.16. The van der Waals surface area contributed by atoms with Crippen LogP contribution in [0.25, 0.3) is 0 Å². The lowest BCUT2D eigenvalue weighted by atomic mass is 10.2. The van der Waals surface area contributed by atoms with Gasteiger partial charge in [-0.05, 0) is 12.8 Å². The summed E-state index contributed by atoms with van der Waals surface area (Å²) in [7, 11) is 0. The van der Waals surface area contributed by atoms with Crippen LogP contribution in [-0.4, -0.2) is 34.1 Å². The van der Waals surface area contributed by atoms with Crippen molar-refractivity contribution in [3.8, 4) is 0 Å². The molecule has 0 unspecified atom stereocenters. The minimum absolute atomic E-state index is 0.112. The van der Waals surface area contributed by atoms with E-state index in [1.165, 1.54) is 12.8 Å². The standard InChI is InChI=1S/C10H15N3O/c14-10(9-7-11-12-8-9)13-5-3-1-2-4-6-13/h7-8H,1-6H2,(H,11,12). The Morgan fingerprint density at radius 3 is 2.57 bits per heavy atom. The van der Waals surface area contributed by atoms with Crippen molar-refractivity contribution in [2.45, 2.75) is 25.7 Å². The van der Waals surface area contributed by atoms with Crippen molar-refractivity contribution in [3.05, 3.63) is 18.0 Å². The number of amides is 1. The molecular formula is C10H15N3O. The quantitative estimate of drug-likeness (QED) is 0.733. The third kappa shape index (κ3) is 1.95. The Morgan fingerprint density at radius 2 is 2.00 bits per heavy atom. The fraction of sp³-hybridized carbons (Fsp3) is 0.600. The molecule has 1 fully saturated rings. The number of nitrogens with zero attached hydrogens (tertiary/aromatic N) is 2. The fourth-order valence-electron chi connectivity index (χ4n) is 1.82. The molecule has 1 aliphatic rings. The Hall–Kier alpha value is -1.32. The highest BCUT2D eigenvalue weighted by molar-refractivity contribution is 5.93. The number of aromatic nitrogens is 2. The number of rotatable bonds is 1. The number of hydrogen-bond acceptors (Lipinski definition) is 2. The lowest BCUT2D eigenvalue weighted by Gasteiger charge is -2.18. The minimum atomic E-state index is 0.112. The van der Waals surface area contributed by atoms with Crippen LogP contribution in [0.5, 0.6) is 0 Å². The first-order valence-corrected chi connectivity index (χ1v) is 5.16. The van der Waals surface area contributed by atoms with Gasteiger partial charge in [0.25, 0.3) is 5.91 Å². The Balaban J connectivity index is 2.03. The summed E-state index contributed by atoms with van der Waals surface area (Å²) in [5.41, 5.74) is 0.673. The van der Waals surface area contributed by atoms with Crippen LogP contribution < -0.4 is 0 Å². The molecule has 0 saturated carbocycles. The van der Waals surface area contributed by atoms with Crippen molar-refractivity contribution in [3.63, 3.8) is 0 Å². The lowest BCUT2D eigenvalue weighted by Crippen LogP contribution is -2.31. The van der Waals surface area contributed by atoms with Gasteiger partial charge in [0.2, 0.25) is 0 Å². The maximum atomic E-state index is 11.9. The van der Waals surface area contributed by atoms with Crippen molar-refractivity contribution in [2.75, 3.05) is 13.1 Å². The van der Waals surface area contributed by atoms with Crippen molar-refractivity contribution in [2.24, 2.45) is 0 Å². The number of hydrogen-bond donors (Lipinski definition) is 1. The van der Waals surface area contributed by atoms with E-state index < -0.39 is 0 Å². The van der Waals surface area contributed by atoms with Gasteiger partial charge in [-0.15, -0.1) is 0 Å². The summed E-state index contributed by atoms with van der Waals surface area (Å²) in [6.45, 7) is 1.79. The highest BCUT2D eigenvalue weighted by Crippen LogP contribution is 2.12. The van der Waals surface area contributed by atoms with Gasteiger partial charge in [0.1, 0.15) is 0 Å². The van der Waals surface area contributed by atoms with E-state index in [2.05, 4.69) is 10.2 Å². The largest absolute Gasteiger partial charge is 0.339 e. The van der Waals surface area contributed by atoms with E-state index >= 15 is 0 Å². The van der Waals surface area contributed by atoms with Gasteiger partial charge in [-0.2, -0.15) is 5.10 Å². The molecule has 2 heterocycles. The highest BCUT2D eigenvalue weighted by Gasteiger charge is 2.17. The predicted octanol–water partition coefficient (Wildman–Crippen LogP) is 1.43. The van der Waals surface area contributed by atoms with Crippen molar-refractivity contribution < 1.29 is 4.79 Å². The van der Waals surface area contributed by atoms with Crippen LogP contribution in [-0.2, 0) is 0 Å². The monoisotopic (exact) mass is 193 g/mol. The van der Waals surface area contributed by atoms with Crippen LogP contribution in [0.3, 0.4) is 0 Å². The Kier molecular flexibility index (Phi) is 2.81. The first kappa shape index (κ1) is 9.24. The van der Waals surface area contributed by atoms with Gasteiger partial charge in [-0.1, -0.05) is 12.8 Å². The molecule has 2 rings (SSSR count). The van der Waals surface area contributed by atoms with Gasteiger partial charge >= 0.3 is 0 Å². The molecule has 4 heteroatoms. The summed E-state index contributed by atoms with van der Waals surface area (Å²) in [4.78, 5) is 13.8. The third-order valence-electron chi connectivity index (χ3n) is 2.64. The normalized spacial score (nSPS) is 17.9. The van der Waals surface area contributed by atoms with Crippen molar-refractivity contribution in [1.29, 1.82) is 0 Å². The molecule has 1 amide bonds. The zero-order chi connectivity index (χ0) is 9.80. The molecule has 1 aromatic heterocycles. The lowest BCUT2D eigenvalue weighted by molar-refractivity contribution is 0.0762. The molecule has 0 atom stereocenters. The summed E-state index contributed by atoms with van der Waals surface area (Å²) in [6, 6.07) is 0. The first-order chi connectivity index (χ1) is 6.88. The molecule has 14 heavy (non-hydrogen) atoms. The van der Waals surface area contributed by atoms with E-state index in [1.54, 1.807) is 12.4 Å². The number of aromatic amines is 1. The van der Waals surface area contributed by atoms with E-state index in [0.29, 0.717) is 5.56 Å². The molecule has 1 N–H and O–H groups in total. The van der Waals surface area contributed by atoms with Gasteiger partial charge in [0.15, 0.2) is 0 Å². The van der Waals surface area contributed by atoms with Crippen LogP contribution >= 0.6 is 0 Å². The Labute approximate surface area is 83.3 Å². The third-order valence-corrected chi connectivity index (χ3v) is 2.64. The Bertz CT molecular complexity index is 286. The molecule has 0 spiro atoms. The number of carbonyl (C=O) groups is 1. The number of H-pyrrole nitrogens is 1. The molecule has 0 aromatic carbocycles. The van der Waals surface area contributed by atoms with Gasteiger partial charge < -0.3 is 4.90 Å². The van der Waals surface area contributed by atoms with Crippen LogP contribution in [0.15, 0.2) is 12.4 Å². The van der Waals surface area contributed by atoms with Crippen LogP contribution in [0.2, 0.25) is 0 Å². The van der Waals surface area contributed by atoms with Gasteiger partial charge in [-0.25, -0.2) is 0 Å². The number of nitrogens with one attached hydrogen (secondary N) is 1. The van der Waals surface area contributed by atoms with E-state index in [-0.39, 0.29) is 5.91 Å². The summed E-state index contributed by atoms with van der Waals surface area (Å²) in [5.74, 6) is 0.112. The molecule has 1 aliphatic heterocycles. The maximum absolute atomic E-state index is 11.9. The second kappa shape index (κ2) is 4.26. The van der Waals surface area contributed by atoms with Crippen LogP contribution in [0, 0.1) is 0 Å². The van der Waals surface area contributed by atoms with E-state index in [0.717, 1.165) is 25.9 Å². The number of likely N-dealkylation sites (tertiary alicyclic amines) is 1. The van der Waals surface area contributed by atoms with Crippen LogP contribution in [0.1, 0.15) is 36.0 Å². The molecule has 76 valence electrons. The maximum Gasteiger partial charge on any atom is 0.257 e. The van der Waals surface area contributed by atoms with Crippen molar-refractivity contribution in [1.82, 2.24) is 15.1 Å². The highest BCUT2D eigenvalue weighted by atomic mass is 16.2. The van der Waals surface area contributed by atoms with Crippen molar-refractivity contribution >= 4 is 5.91 Å². The van der Waals surface area contributed by atoms with Gasteiger partial charge in [0.05, 0.1) is 11.8 Å². The van der Waals surface area contributed by atoms with E-state index in [9.17, 15) is 4.79 Å². The minimum Gasteiger partial charge on any atom is -0.339 e. The van der Waals surface area contributed by atoms with E-state index in [4.69, 9.17) is 0 Å². The van der Waals surface area contributed by atoms with Gasteiger partial charge in [-0.3, -0.25) is 9.89 Å². The zero-order valence-electron chi connectivity index (χ0n) is 8.20. The Morgan fingerprint density at radius 1 is 1.29 bits per heavy atom. The topological polar surface area (TPSA) is 49.0 Å². The summed E-state index contributed by atoms with van der Waals surface area (Å²) in [6.07, 6.45) is 8.00. The second-order valence-corrected chi connectivity index (χ2v) is 3.69. The van der Waals surface area contributed by atoms with E-state index in [1.807, 2.05) is 4.90 Å². The molecule has 1 saturated heterocycles. The average Bonchev–Trinajstić information content (AvgIpc) is 2.59. The summed E-state index contributed by atoms with van der Waals surface area (Å²) in [5, 5.41) is 6.46. The predicted molar refractivity (Wildman–Crippen MR) is 53.0 cm³/mol.